The molecule has 3 aromatic heterocycles. The molecule has 0 amide bonds. The van der Waals surface area contributed by atoms with Crippen LogP contribution >= 0.6 is 0 Å². The van der Waals surface area contributed by atoms with Crippen LogP contribution in [-0.2, 0) is 13.1 Å². The predicted molar refractivity (Wildman–Crippen MR) is 112 cm³/mol. The summed E-state index contributed by atoms with van der Waals surface area (Å²) in [4.78, 5) is 40.1. The molecule has 1 N–H and O–H groups in total. The van der Waals surface area contributed by atoms with Gasteiger partial charge in [0.05, 0.1) is 34.8 Å². The lowest BCUT2D eigenvalue weighted by molar-refractivity contribution is 0.0983. The van der Waals surface area contributed by atoms with Gasteiger partial charge in [-0.05, 0) is 25.1 Å². The minimum absolute atomic E-state index is 0.0708. The number of nitrogens with one attached hydrogen (secondary N) is 1. The second kappa shape index (κ2) is 8.16. The first-order valence-corrected chi connectivity index (χ1v) is 10.1. The highest BCUT2D eigenvalue weighted by atomic mass is 16.1. The zero-order valence-corrected chi connectivity index (χ0v) is 16.9. The third-order valence-corrected chi connectivity index (χ3v) is 5.51. The monoisotopic (exact) mass is 394 g/mol. The Hall–Kier alpha value is -3.00. The molecule has 0 radical (unpaired) electrons. The Bertz CT molecular complexity index is 1060. The molecule has 152 valence electrons. The van der Waals surface area contributed by atoms with Gasteiger partial charge in [-0.2, -0.15) is 0 Å². The topological polar surface area (TPSA) is 87.1 Å². The van der Waals surface area contributed by atoms with Crippen molar-refractivity contribution in [3.05, 3.63) is 52.5 Å². The lowest BCUT2D eigenvalue weighted by Gasteiger charge is -2.35. The molecule has 8 nitrogen and oxygen atoms in total. The summed E-state index contributed by atoms with van der Waals surface area (Å²) in [7, 11) is 0. The smallest absolute Gasteiger partial charge is 0.326 e. The second-order valence-electron chi connectivity index (χ2n) is 7.31. The molecule has 1 fully saturated rings. The summed E-state index contributed by atoms with van der Waals surface area (Å²) in [5, 5.41) is 0. The third-order valence-electron chi connectivity index (χ3n) is 5.51. The molecule has 29 heavy (non-hydrogen) atoms. The molecule has 3 aromatic rings. The summed E-state index contributed by atoms with van der Waals surface area (Å²) in [6.45, 7) is 8.81. The van der Waals surface area contributed by atoms with Crippen LogP contribution < -0.4 is 10.6 Å². The van der Waals surface area contributed by atoms with Crippen LogP contribution in [-0.4, -0.2) is 56.4 Å². The first-order chi connectivity index (χ1) is 14.1. The summed E-state index contributed by atoms with van der Waals surface area (Å²) in [5.41, 5.74) is 4.15. The molecule has 0 atom stereocenters. The van der Waals surface area contributed by atoms with Crippen LogP contribution in [0, 0.1) is 0 Å². The quantitative estimate of drug-likeness (QED) is 0.644. The van der Waals surface area contributed by atoms with Crippen LogP contribution in [0.25, 0.3) is 11.0 Å². The Balaban J connectivity index is 1.38. The average Bonchev–Trinajstić information content (AvgIpc) is 3.08. The van der Waals surface area contributed by atoms with E-state index in [4.69, 9.17) is 0 Å². The molecule has 0 saturated carbocycles. The number of carbonyl (C=O) groups excluding carboxylic acids is 1. The van der Waals surface area contributed by atoms with E-state index in [0.29, 0.717) is 18.7 Å². The second-order valence-corrected chi connectivity index (χ2v) is 7.31. The van der Waals surface area contributed by atoms with E-state index >= 15 is 0 Å². The van der Waals surface area contributed by atoms with E-state index < -0.39 is 0 Å². The Morgan fingerprint density at radius 1 is 1.10 bits per heavy atom. The largest absolute Gasteiger partial charge is 0.368 e. The van der Waals surface area contributed by atoms with Crippen molar-refractivity contribution in [1.82, 2.24) is 24.4 Å². The summed E-state index contributed by atoms with van der Waals surface area (Å²) < 4.78 is 1.69. The molecule has 0 unspecified atom stereocenters. The maximum absolute atomic E-state index is 12.0. The third kappa shape index (κ3) is 3.93. The first kappa shape index (κ1) is 19.3. The fourth-order valence-corrected chi connectivity index (χ4v) is 3.81. The number of piperazine rings is 1. The molecule has 1 saturated heterocycles. The Morgan fingerprint density at radius 3 is 2.55 bits per heavy atom. The Kier molecular flexibility index (Phi) is 5.44. The molecule has 8 heteroatoms. The van der Waals surface area contributed by atoms with Gasteiger partial charge in [0.1, 0.15) is 5.69 Å². The van der Waals surface area contributed by atoms with E-state index in [0.717, 1.165) is 55.1 Å². The average molecular weight is 394 g/mol. The summed E-state index contributed by atoms with van der Waals surface area (Å²) in [6.07, 6.45) is 4.05. The number of carbonyl (C=O) groups is 1. The number of fused-ring (bicyclic) bond motifs is 1. The highest BCUT2D eigenvalue weighted by molar-refractivity contribution is 5.94. The molecule has 4 rings (SSSR count). The van der Waals surface area contributed by atoms with Gasteiger partial charge >= 0.3 is 5.69 Å². The molecule has 1 aliphatic rings. The number of rotatable bonds is 6. The fourth-order valence-electron chi connectivity index (χ4n) is 3.81. The molecular weight excluding hydrogens is 368 g/mol. The van der Waals surface area contributed by atoms with E-state index in [9.17, 15) is 9.59 Å². The van der Waals surface area contributed by atoms with Gasteiger partial charge in [-0.15, -0.1) is 0 Å². The van der Waals surface area contributed by atoms with E-state index in [1.54, 1.807) is 17.0 Å². The summed E-state index contributed by atoms with van der Waals surface area (Å²) in [6, 6.07) is 5.77. The van der Waals surface area contributed by atoms with Crippen molar-refractivity contribution in [2.45, 2.75) is 33.4 Å². The number of anilines is 1. The maximum Gasteiger partial charge on any atom is 0.326 e. The Labute approximate surface area is 169 Å². The molecule has 0 aromatic carbocycles. The molecule has 4 heterocycles. The van der Waals surface area contributed by atoms with Gasteiger partial charge in [-0.25, -0.2) is 4.79 Å². The molecule has 0 aliphatic carbocycles. The minimum atomic E-state index is -0.0877. The lowest BCUT2D eigenvalue weighted by Crippen LogP contribution is -2.46. The number of hydrogen-bond acceptors (Lipinski definition) is 6. The number of aryl methyl sites for hydroxylation is 1. The molecule has 1 aliphatic heterocycles. The number of aromatic amines is 1. The number of H-pyrrole nitrogens is 1. The number of nitrogens with zero attached hydrogens (tertiary/aromatic N) is 5. The van der Waals surface area contributed by atoms with Gasteiger partial charge in [-0.3, -0.25) is 24.2 Å². The highest BCUT2D eigenvalue weighted by Crippen LogP contribution is 2.18. The number of pyridine rings is 2. The van der Waals surface area contributed by atoms with Crippen molar-refractivity contribution in [1.29, 1.82) is 0 Å². The van der Waals surface area contributed by atoms with Crippen molar-refractivity contribution in [2.75, 3.05) is 31.1 Å². The fraction of sp³-hybridized carbons (Fsp3) is 0.429. The lowest BCUT2D eigenvalue weighted by atomic mass is 10.2. The maximum atomic E-state index is 12.0. The number of ketones is 1. The number of Topliss-reactive ketones (excluding diaryl/α,β-unsaturated/α-hetero) is 1. The molecule has 0 bridgehead atoms. The number of imidazole rings is 1. The van der Waals surface area contributed by atoms with Crippen LogP contribution in [0.15, 0.2) is 35.4 Å². The minimum Gasteiger partial charge on any atom is -0.368 e. The van der Waals surface area contributed by atoms with Crippen molar-refractivity contribution in [3.8, 4) is 0 Å². The zero-order valence-electron chi connectivity index (χ0n) is 16.9. The first-order valence-electron chi connectivity index (χ1n) is 10.1. The Morgan fingerprint density at radius 2 is 1.90 bits per heavy atom. The number of hydrogen-bond donors (Lipinski definition) is 1. The van der Waals surface area contributed by atoms with Gasteiger partial charge in [0.15, 0.2) is 5.78 Å². The van der Waals surface area contributed by atoms with E-state index in [-0.39, 0.29) is 11.5 Å². The van der Waals surface area contributed by atoms with Gasteiger partial charge in [0.2, 0.25) is 0 Å². The van der Waals surface area contributed by atoms with Gasteiger partial charge in [0, 0.05) is 45.7 Å². The van der Waals surface area contributed by atoms with Crippen molar-refractivity contribution in [2.24, 2.45) is 0 Å². The number of aromatic nitrogens is 4. The highest BCUT2D eigenvalue weighted by Gasteiger charge is 2.19. The van der Waals surface area contributed by atoms with E-state index in [1.165, 1.54) is 0 Å². The standard InChI is InChI=1S/C21H26N6O2/c1-3-20(28)17-6-5-16(12-23-17)26-9-7-25(8-10-26)14-15-11-18-19(13-22-15)27(4-2)21(29)24-18/h5-6,11-13H,3-4,7-10,14H2,1-2H3,(H,24,29). The van der Waals surface area contributed by atoms with Gasteiger partial charge < -0.3 is 9.88 Å². The van der Waals surface area contributed by atoms with Crippen LogP contribution in [0.3, 0.4) is 0 Å². The summed E-state index contributed by atoms with van der Waals surface area (Å²) in [5.74, 6) is 0.0708. The normalized spacial score (nSPS) is 15.2. The van der Waals surface area contributed by atoms with Crippen molar-refractivity contribution >= 4 is 22.5 Å². The van der Waals surface area contributed by atoms with Crippen molar-refractivity contribution < 1.29 is 4.79 Å². The van der Waals surface area contributed by atoms with E-state index in [1.807, 2.05) is 32.0 Å². The van der Waals surface area contributed by atoms with Gasteiger partial charge in [-0.1, -0.05) is 6.92 Å². The molecular formula is C21H26N6O2. The van der Waals surface area contributed by atoms with Crippen molar-refractivity contribution in [3.63, 3.8) is 0 Å². The van der Waals surface area contributed by atoms with Crippen LogP contribution in [0.2, 0.25) is 0 Å². The van der Waals surface area contributed by atoms with Gasteiger partial charge in [0.25, 0.3) is 0 Å². The predicted octanol–water partition coefficient (Wildman–Crippen LogP) is 2.05. The SMILES string of the molecule is CCC(=O)c1ccc(N2CCN(Cc3cc4[nH]c(=O)n(CC)c4cn3)CC2)cn1. The van der Waals surface area contributed by atoms with Crippen LogP contribution in [0.4, 0.5) is 5.69 Å². The van der Waals surface area contributed by atoms with Crippen LogP contribution in [0.5, 0.6) is 0 Å². The molecule has 0 spiro atoms. The van der Waals surface area contributed by atoms with E-state index in [2.05, 4.69) is 24.8 Å². The van der Waals surface area contributed by atoms with Crippen LogP contribution in [0.1, 0.15) is 36.5 Å². The zero-order chi connectivity index (χ0) is 20.4. The summed E-state index contributed by atoms with van der Waals surface area (Å²) >= 11 is 0.